The number of benzene rings is 1. The van der Waals surface area contributed by atoms with Crippen molar-refractivity contribution in [3.05, 3.63) is 42.0 Å². The lowest BCUT2D eigenvalue weighted by atomic mass is 10.2. The molecule has 86 valence electrons. The summed E-state index contributed by atoms with van der Waals surface area (Å²) in [6.45, 7) is 2.40. The third kappa shape index (κ3) is 3.77. The molecular weight excluding hydrogens is 202 g/mol. The Morgan fingerprint density at radius 2 is 2.19 bits per heavy atom. The van der Waals surface area contributed by atoms with Gasteiger partial charge >= 0.3 is 5.97 Å². The minimum Gasteiger partial charge on any atom is -0.462 e. The first-order valence-electron chi connectivity index (χ1n) is 5.38. The summed E-state index contributed by atoms with van der Waals surface area (Å²) in [5.41, 5.74) is 6.56. The number of anilines is 1. The third-order valence-corrected chi connectivity index (χ3v) is 2.16. The molecule has 0 aliphatic rings. The van der Waals surface area contributed by atoms with Gasteiger partial charge in [-0.25, -0.2) is 4.79 Å². The van der Waals surface area contributed by atoms with Crippen molar-refractivity contribution in [1.82, 2.24) is 0 Å². The number of carbonyl (C=O) groups excluding carboxylic acids is 1. The van der Waals surface area contributed by atoms with Crippen LogP contribution < -0.4 is 5.73 Å². The number of allylic oxidation sites excluding steroid dienone is 2. The van der Waals surface area contributed by atoms with Crippen LogP contribution in [0.3, 0.4) is 0 Å². The Labute approximate surface area is 95.9 Å². The fourth-order valence-electron chi connectivity index (χ4n) is 1.29. The molecule has 0 unspecified atom stereocenters. The number of para-hydroxylation sites is 1. The second kappa shape index (κ2) is 6.67. The fourth-order valence-corrected chi connectivity index (χ4v) is 1.29. The molecule has 1 rings (SSSR count). The number of hydrogen-bond acceptors (Lipinski definition) is 3. The Morgan fingerprint density at radius 3 is 2.88 bits per heavy atom. The summed E-state index contributed by atoms with van der Waals surface area (Å²) in [6.07, 6.45) is 5.79. The van der Waals surface area contributed by atoms with E-state index >= 15 is 0 Å². The number of rotatable bonds is 5. The molecule has 0 atom stereocenters. The SMILES string of the molecule is C/C=C/CCCOC(=O)c1ccccc1N. The summed E-state index contributed by atoms with van der Waals surface area (Å²) in [7, 11) is 0. The summed E-state index contributed by atoms with van der Waals surface area (Å²) in [4.78, 5) is 11.6. The molecule has 0 heterocycles. The highest BCUT2D eigenvalue weighted by molar-refractivity contribution is 5.94. The lowest BCUT2D eigenvalue weighted by molar-refractivity contribution is 0.0502. The largest absolute Gasteiger partial charge is 0.462 e. The summed E-state index contributed by atoms with van der Waals surface area (Å²) in [5, 5.41) is 0. The number of unbranched alkanes of at least 4 members (excludes halogenated alkanes) is 1. The van der Waals surface area contributed by atoms with Gasteiger partial charge in [-0.05, 0) is 31.9 Å². The summed E-state index contributed by atoms with van der Waals surface area (Å²) in [5.74, 6) is -0.349. The van der Waals surface area contributed by atoms with Crippen LogP contribution in [0.1, 0.15) is 30.1 Å². The molecule has 0 fully saturated rings. The molecule has 3 heteroatoms. The average molecular weight is 219 g/mol. The van der Waals surface area contributed by atoms with E-state index in [1.807, 2.05) is 19.1 Å². The molecular formula is C13H17NO2. The average Bonchev–Trinajstić information content (AvgIpc) is 2.29. The van der Waals surface area contributed by atoms with Gasteiger partial charge < -0.3 is 10.5 Å². The van der Waals surface area contributed by atoms with Gasteiger partial charge in [-0.15, -0.1) is 0 Å². The lowest BCUT2D eigenvalue weighted by Gasteiger charge is -2.05. The number of hydrogen-bond donors (Lipinski definition) is 1. The quantitative estimate of drug-likeness (QED) is 0.358. The zero-order valence-corrected chi connectivity index (χ0v) is 9.48. The molecule has 0 radical (unpaired) electrons. The van der Waals surface area contributed by atoms with E-state index in [0.717, 1.165) is 12.8 Å². The molecule has 1 aromatic carbocycles. The molecule has 2 N–H and O–H groups in total. The van der Waals surface area contributed by atoms with Crippen LogP contribution in [0.4, 0.5) is 5.69 Å². The predicted molar refractivity (Wildman–Crippen MR) is 65.2 cm³/mol. The van der Waals surface area contributed by atoms with Crippen molar-refractivity contribution in [2.45, 2.75) is 19.8 Å². The van der Waals surface area contributed by atoms with Crippen LogP contribution in [-0.2, 0) is 4.74 Å². The maximum Gasteiger partial charge on any atom is 0.340 e. The molecule has 0 aliphatic heterocycles. The first kappa shape index (κ1) is 12.3. The summed E-state index contributed by atoms with van der Waals surface area (Å²) in [6, 6.07) is 6.92. The topological polar surface area (TPSA) is 52.3 Å². The van der Waals surface area contributed by atoms with Gasteiger partial charge in [0.15, 0.2) is 0 Å². The van der Waals surface area contributed by atoms with Gasteiger partial charge in [0.1, 0.15) is 0 Å². The second-order valence-corrected chi connectivity index (χ2v) is 3.43. The van der Waals surface area contributed by atoms with Gasteiger partial charge in [-0.3, -0.25) is 0 Å². The van der Waals surface area contributed by atoms with Crippen molar-refractivity contribution in [2.75, 3.05) is 12.3 Å². The highest BCUT2D eigenvalue weighted by atomic mass is 16.5. The highest BCUT2D eigenvalue weighted by Gasteiger charge is 2.09. The molecule has 0 bridgehead atoms. The summed E-state index contributed by atoms with van der Waals surface area (Å²) < 4.78 is 5.10. The van der Waals surface area contributed by atoms with Gasteiger partial charge in [0.25, 0.3) is 0 Å². The molecule has 3 nitrogen and oxygen atoms in total. The first-order valence-corrected chi connectivity index (χ1v) is 5.38. The van der Waals surface area contributed by atoms with Crippen LogP contribution in [-0.4, -0.2) is 12.6 Å². The molecule has 0 aliphatic carbocycles. The van der Waals surface area contributed by atoms with E-state index in [2.05, 4.69) is 0 Å². The maximum absolute atomic E-state index is 11.6. The van der Waals surface area contributed by atoms with Crippen LogP contribution in [0.15, 0.2) is 36.4 Å². The van der Waals surface area contributed by atoms with Crippen LogP contribution in [0.25, 0.3) is 0 Å². The van der Waals surface area contributed by atoms with Crippen LogP contribution in [0.5, 0.6) is 0 Å². The van der Waals surface area contributed by atoms with Crippen molar-refractivity contribution in [2.24, 2.45) is 0 Å². The van der Waals surface area contributed by atoms with Crippen molar-refractivity contribution in [1.29, 1.82) is 0 Å². The fraction of sp³-hybridized carbons (Fsp3) is 0.308. The van der Waals surface area contributed by atoms with Crippen molar-refractivity contribution < 1.29 is 9.53 Å². The van der Waals surface area contributed by atoms with E-state index in [4.69, 9.17) is 10.5 Å². The van der Waals surface area contributed by atoms with Gasteiger partial charge in [0.05, 0.1) is 12.2 Å². The molecule has 16 heavy (non-hydrogen) atoms. The van der Waals surface area contributed by atoms with Crippen molar-refractivity contribution in [3.8, 4) is 0 Å². The van der Waals surface area contributed by atoms with E-state index in [-0.39, 0.29) is 5.97 Å². The Kier molecular flexibility index (Phi) is 5.12. The van der Waals surface area contributed by atoms with Gasteiger partial charge in [0.2, 0.25) is 0 Å². The number of nitrogens with two attached hydrogens (primary N) is 1. The molecule has 0 saturated carbocycles. The monoisotopic (exact) mass is 219 g/mol. The smallest absolute Gasteiger partial charge is 0.340 e. The van der Waals surface area contributed by atoms with Gasteiger partial charge in [-0.1, -0.05) is 24.3 Å². The highest BCUT2D eigenvalue weighted by Crippen LogP contribution is 2.11. The van der Waals surface area contributed by atoms with Gasteiger partial charge in [0, 0.05) is 5.69 Å². The van der Waals surface area contributed by atoms with E-state index in [9.17, 15) is 4.79 Å². The Hall–Kier alpha value is -1.77. The minimum atomic E-state index is -0.349. The zero-order valence-electron chi connectivity index (χ0n) is 9.48. The summed E-state index contributed by atoms with van der Waals surface area (Å²) >= 11 is 0. The minimum absolute atomic E-state index is 0.349. The Balaban J connectivity index is 2.38. The van der Waals surface area contributed by atoms with Gasteiger partial charge in [-0.2, -0.15) is 0 Å². The standard InChI is InChI=1S/C13H17NO2/c1-2-3-4-7-10-16-13(15)11-8-5-6-9-12(11)14/h2-3,5-6,8-9H,4,7,10,14H2,1H3/b3-2+. The van der Waals surface area contributed by atoms with Crippen molar-refractivity contribution >= 4 is 11.7 Å². The Morgan fingerprint density at radius 1 is 1.44 bits per heavy atom. The number of ether oxygens (including phenoxy) is 1. The van der Waals surface area contributed by atoms with E-state index in [1.165, 1.54) is 0 Å². The Bertz CT molecular complexity index is 372. The second-order valence-electron chi connectivity index (χ2n) is 3.43. The zero-order chi connectivity index (χ0) is 11.8. The maximum atomic E-state index is 11.6. The van der Waals surface area contributed by atoms with Crippen LogP contribution in [0, 0.1) is 0 Å². The van der Waals surface area contributed by atoms with Crippen LogP contribution in [0.2, 0.25) is 0 Å². The molecule has 0 amide bonds. The predicted octanol–water partition coefficient (Wildman–Crippen LogP) is 2.78. The molecule has 1 aromatic rings. The van der Waals surface area contributed by atoms with E-state index in [1.54, 1.807) is 24.3 Å². The molecule has 0 spiro atoms. The van der Waals surface area contributed by atoms with E-state index in [0.29, 0.717) is 17.9 Å². The number of esters is 1. The lowest BCUT2D eigenvalue weighted by Crippen LogP contribution is -2.08. The first-order chi connectivity index (χ1) is 7.75. The molecule has 0 aromatic heterocycles. The third-order valence-electron chi connectivity index (χ3n) is 2.16. The van der Waals surface area contributed by atoms with Crippen LogP contribution >= 0.6 is 0 Å². The number of nitrogen functional groups attached to an aromatic ring is 1. The van der Waals surface area contributed by atoms with Crippen molar-refractivity contribution in [3.63, 3.8) is 0 Å². The molecule has 0 saturated heterocycles. The normalized spacial score (nSPS) is 10.6. The number of carbonyl (C=O) groups is 1. The van der Waals surface area contributed by atoms with E-state index < -0.39 is 0 Å².